The lowest BCUT2D eigenvalue weighted by molar-refractivity contribution is 1.07. The number of hydrogen-bond donors (Lipinski definition) is 1. The average Bonchev–Trinajstić information content (AvgIpc) is 2.18. The number of hydrogen-bond acceptors (Lipinski definition) is 2. The van der Waals surface area contributed by atoms with Gasteiger partial charge in [-0.3, -0.25) is 4.99 Å². The summed E-state index contributed by atoms with van der Waals surface area (Å²) in [5, 5.41) is 0. The molecule has 0 bridgehead atoms. The van der Waals surface area contributed by atoms with Gasteiger partial charge in [-0.05, 0) is 31.0 Å². The van der Waals surface area contributed by atoms with Crippen LogP contribution < -0.4 is 5.73 Å². The van der Waals surface area contributed by atoms with Gasteiger partial charge in [0.2, 0.25) is 0 Å². The van der Waals surface area contributed by atoms with E-state index < -0.39 is 0 Å². The van der Waals surface area contributed by atoms with Crippen LogP contribution in [0, 0.1) is 0 Å². The largest absolute Gasteiger partial charge is 0.326 e. The van der Waals surface area contributed by atoms with Gasteiger partial charge in [0.25, 0.3) is 0 Å². The van der Waals surface area contributed by atoms with Gasteiger partial charge in [0.15, 0.2) is 0 Å². The Balaban J connectivity index is 2.76. The monoisotopic (exact) mass is 188 g/mol. The highest BCUT2D eigenvalue weighted by molar-refractivity contribution is 5.80. The van der Waals surface area contributed by atoms with Crippen molar-refractivity contribution in [3.05, 3.63) is 47.2 Å². The molecule has 0 radical (unpaired) electrons. The van der Waals surface area contributed by atoms with E-state index in [0.29, 0.717) is 6.54 Å². The van der Waals surface area contributed by atoms with Gasteiger partial charge in [-0.15, -0.1) is 0 Å². The van der Waals surface area contributed by atoms with Crippen molar-refractivity contribution in [2.45, 2.75) is 20.4 Å². The first-order chi connectivity index (χ1) is 6.72. The molecule has 14 heavy (non-hydrogen) atoms. The molecule has 0 saturated heterocycles. The summed E-state index contributed by atoms with van der Waals surface area (Å²) in [5.41, 5.74) is 8.95. The Morgan fingerprint density at radius 1 is 1.43 bits per heavy atom. The fraction of sp³-hybridized carbons (Fsp3) is 0.250. The predicted octanol–water partition coefficient (Wildman–Crippen LogP) is 2.49. The van der Waals surface area contributed by atoms with Crippen molar-refractivity contribution in [3.63, 3.8) is 0 Å². The summed E-state index contributed by atoms with van der Waals surface area (Å²) in [6.45, 7) is 4.62. The third-order valence-corrected chi connectivity index (χ3v) is 1.74. The lowest BCUT2D eigenvalue weighted by atomic mass is 10.1. The topological polar surface area (TPSA) is 38.4 Å². The number of rotatable bonds is 3. The molecule has 1 rings (SSSR count). The van der Waals surface area contributed by atoms with Gasteiger partial charge in [0, 0.05) is 19.0 Å². The molecule has 0 aliphatic heterocycles. The molecule has 0 aliphatic carbocycles. The zero-order valence-electron chi connectivity index (χ0n) is 8.70. The molecule has 0 spiro atoms. The Kier molecular flexibility index (Phi) is 4.08. The van der Waals surface area contributed by atoms with E-state index in [1.54, 1.807) is 0 Å². The predicted molar refractivity (Wildman–Crippen MR) is 61.4 cm³/mol. The van der Waals surface area contributed by atoms with Crippen LogP contribution in [-0.2, 0) is 6.54 Å². The Morgan fingerprint density at radius 3 is 2.86 bits per heavy atom. The van der Waals surface area contributed by atoms with Crippen LogP contribution in [0.15, 0.2) is 41.0 Å². The minimum atomic E-state index is 0.574. The molecule has 0 aliphatic rings. The van der Waals surface area contributed by atoms with Gasteiger partial charge < -0.3 is 5.73 Å². The lowest BCUT2D eigenvalue weighted by Gasteiger charge is -1.96. The summed E-state index contributed by atoms with van der Waals surface area (Å²) in [4.78, 5) is 4.19. The SMILES string of the molecule is CC(C)=CN=Cc1cccc(CN)c1. The molecule has 2 nitrogen and oxygen atoms in total. The first-order valence-corrected chi connectivity index (χ1v) is 4.68. The number of benzene rings is 1. The number of allylic oxidation sites excluding steroid dienone is 1. The minimum absolute atomic E-state index is 0.574. The molecule has 74 valence electrons. The molecule has 0 saturated carbocycles. The maximum absolute atomic E-state index is 5.54. The fourth-order valence-corrected chi connectivity index (χ4v) is 1.07. The van der Waals surface area contributed by atoms with E-state index >= 15 is 0 Å². The Bertz CT molecular complexity index is 347. The van der Waals surface area contributed by atoms with Crippen LogP contribution >= 0.6 is 0 Å². The summed E-state index contributed by atoms with van der Waals surface area (Å²) in [6.07, 6.45) is 3.68. The normalized spacial score (nSPS) is 10.5. The Morgan fingerprint density at radius 2 is 2.21 bits per heavy atom. The van der Waals surface area contributed by atoms with Gasteiger partial charge in [0.1, 0.15) is 0 Å². The quantitative estimate of drug-likeness (QED) is 0.727. The van der Waals surface area contributed by atoms with Gasteiger partial charge in [-0.2, -0.15) is 0 Å². The van der Waals surface area contributed by atoms with E-state index in [2.05, 4.69) is 4.99 Å². The second-order valence-corrected chi connectivity index (χ2v) is 3.43. The van der Waals surface area contributed by atoms with Crippen molar-refractivity contribution in [2.75, 3.05) is 0 Å². The van der Waals surface area contributed by atoms with Crippen LogP contribution in [0.1, 0.15) is 25.0 Å². The molecular formula is C12H16N2. The molecule has 0 amide bonds. The highest BCUT2D eigenvalue weighted by Crippen LogP contribution is 2.02. The van der Waals surface area contributed by atoms with Crippen molar-refractivity contribution < 1.29 is 0 Å². The van der Waals surface area contributed by atoms with Crippen LogP contribution in [0.5, 0.6) is 0 Å². The van der Waals surface area contributed by atoms with Crippen LogP contribution in [0.2, 0.25) is 0 Å². The first kappa shape index (κ1) is 10.7. The van der Waals surface area contributed by atoms with Crippen molar-refractivity contribution in [2.24, 2.45) is 10.7 Å². The molecule has 0 fully saturated rings. The number of nitrogens with zero attached hydrogens (tertiary/aromatic N) is 1. The third-order valence-electron chi connectivity index (χ3n) is 1.74. The molecule has 1 aromatic carbocycles. The van der Waals surface area contributed by atoms with E-state index in [4.69, 9.17) is 5.73 Å². The number of nitrogens with two attached hydrogens (primary N) is 1. The first-order valence-electron chi connectivity index (χ1n) is 4.68. The zero-order valence-corrected chi connectivity index (χ0v) is 8.70. The zero-order chi connectivity index (χ0) is 10.4. The summed E-state index contributed by atoms with van der Waals surface area (Å²) in [5.74, 6) is 0. The average molecular weight is 188 g/mol. The van der Waals surface area contributed by atoms with Crippen molar-refractivity contribution in [1.82, 2.24) is 0 Å². The summed E-state index contributed by atoms with van der Waals surface area (Å²) >= 11 is 0. The molecule has 0 aromatic heterocycles. The second-order valence-electron chi connectivity index (χ2n) is 3.43. The molecular weight excluding hydrogens is 172 g/mol. The Labute approximate surface area is 85.2 Å². The third kappa shape index (κ3) is 3.54. The van der Waals surface area contributed by atoms with Gasteiger partial charge in [-0.1, -0.05) is 23.8 Å². The van der Waals surface area contributed by atoms with E-state index in [0.717, 1.165) is 11.1 Å². The highest BCUT2D eigenvalue weighted by atomic mass is 14.7. The van der Waals surface area contributed by atoms with Gasteiger partial charge in [-0.25, -0.2) is 0 Å². The maximum Gasteiger partial charge on any atom is 0.0340 e. The lowest BCUT2D eigenvalue weighted by Crippen LogP contribution is -1.96. The highest BCUT2D eigenvalue weighted by Gasteiger charge is 1.89. The maximum atomic E-state index is 5.54. The van der Waals surface area contributed by atoms with Crippen molar-refractivity contribution >= 4 is 6.21 Å². The van der Waals surface area contributed by atoms with Gasteiger partial charge >= 0.3 is 0 Å². The summed E-state index contributed by atoms with van der Waals surface area (Å²) in [7, 11) is 0. The van der Waals surface area contributed by atoms with Crippen LogP contribution in [0.4, 0.5) is 0 Å². The molecule has 0 atom stereocenters. The van der Waals surface area contributed by atoms with E-state index in [1.807, 2.05) is 50.5 Å². The Hall–Kier alpha value is -1.41. The number of aliphatic imine (C=N–C) groups is 1. The van der Waals surface area contributed by atoms with E-state index in [9.17, 15) is 0 Å². The van der Waals surface area contributed by atoms with Crippen molar-refractivity contribution in [1.29, 1.82) is 0 Å². The molecule has 0 heterocycles. The molecule has 2 heteroatoms. The van der Waals surface area contributed by atoms with Gasteiger partial charge in [0.05, 0.1) is 0 Å². The molecule has 2 N–H and O–H groups in total. The second kappa shape index (κ2) is 5.35. The molecule has 1 aromatic rings. The fourth-order valence-electron chi connectivity index (χ4n) is 1.07. The van der Waals surface area contributed by atoms with E-state index in [-0.39, 0.29) is 0 Å². The minimum Gasteiger partial charge on any atom is -0.326 e. The van der Waals surface area contributed by atoms with Crippen LogP contribution in [0.3, 0.4) is 0 Å². The standard InChI is InChI=1S/C12H16N2/c1-10(2)8-14-9-12-5-3-4-11(6-12)7-13/h3-6,8-9H,7,13H2,1-2H3. The molecule has 0 unspecified atom stereocenters. The summed E-state index contributed by atoms with van der Waals surface area (Å²) < 4.78 is 0. The summed E-state index contributed by atoms with van der Waals surface area (Å²) in [6, 6.07) is 8.06. The van der Waals surface area contributed by atoms with Crippen LogP contribution in [0.25, 0.3) is 0 Å². The van der Waals surface area contributed by atoms with Crippen molar-refractivity contribution in [3.8, 4) is 0 Å². The van der Waals surface area contributed by atoms with Crippen LogP contribution in [-0.4, -0.2) is 6.21 Å². The smallest absolute Gasteiger partial charge is 0.0340 e. The van der Waals surface area contributed by atoms with E-state index in [1.165, 1.54) is 5.57 Å².